The van der Waals surface area contributed by atoms with Crippen molar-refractivity contribution in [1.82, 2.24) is 0 Å². The molecule has 0 spiro atoms. The number of halogens is 2. The molecular formula is C15H18BrFN2. The summed E-state index contributed by atoms with van der Waals surface area (Å²) in [6.45, 7) is 4.56. The van der Waals surface area contributed by atoms with Crippen LogP contribution in [0.3, 0.4) is 0 Å². The van der Waals surface area contributed by atoms with Crippen LogP contribution in [0.15, 0.2) is 16.6 Å². The van der Waals surface area contributed by atoms with Crippen LogP contribution in [-0.2, 0) is 0 Å². The van der Waals surface area contributed by atoms with Gasteiger partial charge in [-0.25, -0.2) is 4.39 Å². The Hall–Kier alpha value is -1.08. The minimum Gasteiger partial charge on any atom is -0.380 e. The van der Waals surface area contributed by atoms with Gasteiger partial charge in [0, 0.05) is 6.04 Å². The Balaban J connectivity index is 2.09. The number of benzene rings is 1. The summed E-state index contributed by atoms with van der Waals surface area (Å²) in [5, 5.41) is 12.1. The highest BCUT2D eigenvalue weighted by Gasteiger charge is 2.27. The second kappa shape index (κ2) is 5.50. The van der Waals surface area contributed by atoms with E-state index in [1.807, 2.05) is 6.07 Å². The van der Waals surface area contributed by atoms with Crippen LogP contribution in [0.1, 0.15) is 45.1 Å². The molecule has 1 aliphatic rings. The summed E-state index contributed by atoms with van der Waals surface area (Å²) < 4.78 is 14.3. The molecule has 1 aliphatic carbocycles. The highest BCUT2D eigenvalue weighted by atomic mass is 79.9. The van der Waals surface area contributed by atoms with Gasteiger partial charge in [0.15, 0.2) is 5.82 Å². The van der Waals surface area contributed by atoms with E-state index in [1.54, 1.807) is 12.1 Å². The Morgan fingerprint density at radius 2 is 2.00 bits per heavy atom. The van der Waals surface area contributed by atoms with Crippen molar-refractivity contribution in [3.05, 3.63) is 28.0 Å². The number of nitriles is 1. The molecule has 0 unspecified atom stereocenters. The van der Waals surface area contributed by atoms with Crippen molar-refractivity contribution in [2.75, 3.05) is 5.32 Å². The van der Waals surface area contributed by atoms with Gasteiger partial charge < -0.3 is 5.32 Å². The summed E-state index contributed by atoms with van der Waals surface area (Å²) in [7, 11) is 0. The lowest BCUT2D eigenvalue weighted by Crippen LogP contribution is -2.30. The van der Waals surface area contributed by atoms with E-state index in [2.05, 4.69) is 35.1 Å². The standard InChI is InChI=1S/C15H18BrFN2/c1-15(2)7-5-11(6-8-15)19-12-4-3-10(9-18)13(16)14(12)17/h3-4,11,19H,5-8H2,1-2H3. The van der Waals surface area contributed by atoms with Gasteiger partial charge in [-0.1, -0.05) is 13.8 Å². The van der Waals surface area contributed by atoms with Crippen LogP contribution < -0.4 is 5.32 Å². The smallest absolute Gasteiger partial charge is 0.161 e. The normalized spacial score (nSPS) is 18.9. The quantitative estimate of drug-likeness (QED) is 0.844. The van der Waals surface area contributed by atoms with Crippen molar-refractivity contribution in [3.8, 4) is 6.07 Å². The van der Waals surface area contributed by atoms with Crippen molar-refractivity contribution in [2.45, 2.75) is 45.6 Å². The number of nitrogens with one attached hydrogen (secondary N) is 1. The third-order valence-corrected chi connectivity index (χ3v) is 4.68. The summed E-state index contributed by atoms with van der Waals surface area (Å²) in [6.07, 6.45) is 4.43. The Labute approximate surface area is 122 Å². The van der Waals surface area contributed by atoms with Crippen molar-refractivity contribution < 1.29 is 4.39 Å². The van der Waals surface area contributed by atoms with E-state index in [1.165, 1.54) is 0 Å². The molecule has 0 aliphatic heterocycles. The predicted molar refractivity (Wildman–Crippen MR) is 78.5 cm³/mol. The first-order chi connectivity index (χ1) is 8.93. The van der Waals surface area contributed by atoms with Crippen LogP contribution in [0.25, 0.3) is 0 Å². The fourth-order valence-corrected chi connectivity index (χ4v) is 2.95. The van der Waals surface area contributed by atoms with Gasteiger partial charge in [0.2, 0.25) is 0 Å². The van der Waals surface area contributed by atoms with E-state index in [-0.39, 0.29) is 10.3 Å². The lowest BCUT2D eigenvalue weighted by molar-refractivity contribution is 0.232. The second-order valence-electron chi connectivity index (χ2n) is 5.98. The van der Waals surface area contributed by atoms with Gasteiger partial charge in [-0.05, 0) is 59.2 Å². The van der Waals surface area contributed by atoms with Gasteiger partial charge in [-0.3, -0.25) is 0 Å². The Kier molecular flexibility index (Phi) is 4.15. The van der Waals surface area contributed by atoms with Gasteiger partial charge in [0.05, 0.1) is 15.7 Å². The maximum absolute atomic E-state index is 14.1. The summed E-state index contributed by atoms with van der Waals surface area (Å²) in [6, 6.07) is 5.58. The second-order valence-corrected chi connectivity index (χ2v) is 6.78. The third kappa shape index (κ3) is 3.27. The zero-order valence-corrected chi connectivity index (χ0v) is 12.8. The van der Waals surface area contributed by atoms with Crippen molar-refractivity contribution in [1.29, 1.82) is 5.26 Å². The third-order valence-electron chi connectivity index (χ3n) is 3.90. The molecule has 0 bridgehead atoms. The fraction of sp³-hybridized carbons (Fsp3) is 0.533. The number of hydrogen-bond donors (Lipinski definition) is 1. The Bertz CT molecular complexity index is 510. The Morgan fingerprint density at radius 3 is 2.58 bits per heavy atom. The largest absolute Gasteiger partial charge is 0.380 e. The minimum absolute atomic E-state index is 0.246. The van der Waals surface area contributed by atoms with Crippen LogP contribution >= 0.6 is 15.9 Å². The molecule has 2 rings (SSSR count). The van der Waals surface area contributed by atoms with Gasteiger partial charge in [-0.2, -0.15) is 5.26 Å². The first-order valence-corrected chi connectivity index (χ1v) is 7.37. The SMILES string of the molecule is CC1(C)CCC(Nc2ccc(C#N)c(Br)c2F)CC1. The molecule has 0 saturated heterocycles. The highest BCUT2D eigenvalue weighted by molar-refractivity contribution is 9.10. The van der Waals surface area contributed by atoms with Crippen LogP contribution in [0.2, 0.25) is 0 Å². The predicted octanol–water partition coefficient (Wildman–Crippen LogP) is 4.84. The number of rotatable bonds is 2. The van der Waals surface area contributed by atoms with Gasteiger partial charge in [0.1, 0.15) is 6.07 Å². The molecule has 0 radical (unpaired) electrons. The first-order valence-electron chi connectivity index (χ1n) is 6.57. The average Bonchev–Trinajstić information content (AvgIpc) is 2.37. The molecule has 0 atom stereocenters. The minimum atomic E-state index is -0.371. The monoisotopic (exact) mass is 324 g/mol. The molecule has 1 fully saturated rings. The molecule has 102 valence electrons. The molecule has 0 amide bonds. The molecule has 4 heteroatoms. The van der Waals surface area contributed by atoms with Crippen molar-refractivity contribution >= 4 is 21.6 Å². The molecule has 1 aromatic rings. The molecule has 0 heterocycles. The van der Waals surface area contributed by atoms with E-state index in [9.17, 15) is 4.39 Å². The lowest BCUT2D eigenvalue weighted by atomic mass is 9.75. The topological polar surface area (TPSA) is 35.8 Å². The maximum Gasteiger partial charge on any atom is 0.161 e. The summed E-state index contributed by atoms with van der Waals surface area (Å²) in [5.41, 5.74) is 1.21. The van der Waals surface area contributed by atoms with E-state index in [0.717, 1.165) is 25.7 Å². The first kappa shape index (κ1) is 14.3. The summed E-state index contributed by atoms with van der Waals surface area (Å²) in [5.74, 6) is -0.371. The summed E-state index contributed by atoms with van der Waals surface area (Å²) >= 11 is 3.14. The van der Waals surface area contributed by atoms with Crippen molar-refractivity contribution in [3.63, 3.8) is 0 Å². The highest BCUT2D eigenvalue weighted by Crippen LogP contribution is 2.37. The summed E-state index contributed by atoms with van der Waals surface area (Å²) in [4.78, 5) is 0. The van der Waals surface area contributed by atoms with Crippen LogP contribution in [-0.4, -0.2) is 6.04 Å². The van der Waals surface area contributed by atoms with Gasteiger partial charge in [-0.15, -0.1) is 0 Å². The van der Waals surface area contributed by atoms with E-state index in [0.29, 0.717) is 22.7 Å². The molecular weight excluding hydrogens is 307 g/mol. The molecule has 19 heavy (non-hydrogen) atoms. The van der Waals surface area contributed by atoms with E-state index >= 15 is 0 Å². The lowest BCUT2D eigenvalue weighted by Gasteiger charge is -2.35. The van der Waals surface area contributed by atoms with Crippen molar-refractivity contribution in [2.24, 2.45) is 5.41 Å². The molecule has 1 saturated carbocycles. The molecule has 0 aromatic heterocycles. The molecule has 1 N–H and O–H groups in total. The zero-order chi connectivity index (χ0) is 14.0. The maximum atomic E-state index is 14.1. The number of hydrogen-bond acceptors (Lipinski definition) is 2. The van der Waals surface area contributed by atoms with Crippen LogP contribution in [0, 0.1) is 22.6 Å². The van der Waals surface area contributed by atoms with E-state index < -0.39 is 0 Å². The number of nitrogens with zero attached hydrogens (tertiary/aromatic N) is 1. The van der Waals surface area contributed by atoms with Crippen LogP contribution in [0.5, 0.6) is 0 Å². The average molecular weight is 325 g/mol. The zero-order valence-electron chi connectivity index (χ0n) is 11.3. The van der Waals surface area contributed by atoms with E-state index in [4.69, 9.17) is 5.26 Å². The fourth-order valence-electron chi connectivity index (χ4n) is 2.51. The molecule has 2 nitrogen and oxygen atoms in total. The number of anilines is 1. The van der Waals surface area contributed by atoms with Gasteiger partial charge in [0.25, 0.3) is 0 Å². The van der Waals surface area contributed by atoms with Gasteiger partial charge >= 0.3 is 0 Å². The molecule has 1 aromatic carbocycles. The van der Waals surface area contributed by atoms with Crippen LogP contribution in [0.4, 0.5) is 10.1 Å². The Morgan fingerprint density at radius 1 is 1.37 bits per heavy atom.